The maximum Gasteiger partial charge on any atom is 0.311 e. The van der Waals surface area contributed by atoms with Crippen molar-refractivity contribution in [3.05, 3.63) is 67.8 Å². The van der Waals surface area contributed by atoms with Gasteiger partial charge in [0.2, 0.25) is 5.75 Å². The van der Waals surface area contributed by atoms with Gasteiger partial charge in [-0.25, -0.2) is 0 Å². The van der Waals surface area contributed by atoms with Crippen molar-refractivity contribution >= 4 is 11.4 Å². The van der Waals surface area contributed by atoms with E-state index in [-0.39, 0.29) is 28.4 Å². The van der Waals surface area contributed by atoms with E-state index in [1.54, 1.807) is 0 Å². The van der Waals surface area contributed by atoms with Crippen LogP contribution in [0.25, 0.3) is 0 Å². The molecule has 0 heterocycles. The second kappa shape index (κ2) is 5.88. The van der Waals surface area contributed by atoms with E-state index in [1.807, 2.05) is 6.07 Å². The molecule has 0 aromatic heterocycles. The Morgan fingerprint density at radius 3 is 2.23 bits per heavy atom. The molecule has 0 radical (unpaired) electrons. The molecule has 0 saturated carbocycles. The average Bonchev–Trinajstić information content (AvgIpc) is 2.46. The number of hydrogen-bond acceptors (Lipinski definition) is 6. The molecule has 0 atom stereocenters. The molecule has 0 amide bonds. The second-order valence-corrected chi connectivity index (χ2v) is 4.36. The standard InChI is InChI=1S/C14H9N3O5/c1-9-6-11(3-5-12(9)16(18)19)22-14-7-10(8-15)2-4-13(14)17(20)21/h2-7H,1H3. The van der Waals surface area contributed by atoms with Gasteiger partial charge in [0.1, 0.15) is 5.75 Å². The van der Waals surface area contributed by atoms with Gasteiger partial charge in [0.05, 0.1) is 21.5 Å². The zero-order valence-electron chi connectivity index (χ0n) is 11.3. The summed E-state index contributed by atoms with van der Waals surface area (Å²) in [7, 11) is 0. The van der Waals surface area contributed by atoms with Crippen molar-refractivity contribution < 1.29 is 14.6 Å². The van der Waals surface area contributed by atoms with Gasteiger partial charge in [-0.1, -0.05) is 0 Å². The number of nitro benzene ring substituents is 2. The molecule has 0 fully saturated rings. The monoisotopic (exact) mass is 299 g/mol. The lowest BCUT2D eigenvalue weighted by atomic mass is 10.2. The SMILES string of the molecule is Cc1cc(Oc2cc(C#N)ccc2[N+](=O)[O-])ccc1[N+](=O)[O-]. The van der Waals surface area contributed by atoms with Crippen molar-refractivity contribution in [3.63, 3.8) is 0 Å². The fourth-order valence-electron chi connectivity index (χ4n) is 1.84. The predicted molar refractivity (Wildman–Crippen MR) is 75.7 cm³/mol. The molecule has 8 nitrogen and oxygen atoms in total. The van der Waals surface area contributed by atoms with E-state index in [2.05, 4.69) is 0 Å². The Balaban J connectivity index is 2.42. The molecule has 110 valence electrons. The Hall–Kier alpha value is -3.47. The van der Waals surface area contributed by atoms with Gasteiger partial charge < -0.3 is 4.74 Å². The molecule has 0 aliphatic heterocycles. The molecule has 0 N–H and O–H groups in total. The highest BCUT2D eigenvalue weighted by Crippen LogP contribution is 2.33. The normalized spacial score (nSPS) is 9.82. The van der Waals surface area contributed by atoms with Crippen LogP contribution in [0, 0.1) is 38.5 Å². The molecule has 0 aliphatic carbocycles. The van der Waals surface area contributed by atoms with Crippen molar-refractivity contribution in [2.45, 2.75) is 6.92 Å². The van der Waals surface area contributed by atoms with Gasteiger partial charge >= 0.3 is 5.69 Å². The number of nitrogens with zero attached hydrogens (tertiary/aromatic N) is 3. The average molecular weight is 299 g/mol. The molecular formula is C14H9N3O5. The summed E-state index contributed by atoms with van der Waals surface area (Å²) >= 11 is 0. The van der Waals surface area contributed by atoms with Crippen LogP contribution < -0.4 is 4.74 Å². The van der Waals surface area contributed by atoms with Crippen LogP contribution in [-0.2, 0) is 0 Å². The first kappa shape index (κ1) is 14.9. The van der Waals surface area contributed by atoms with Crippen LogP contribution in [-0.4, -0.2) is 9.85 Å². The minimum absolute atomic E-state index is 0.0763. The van der Waals surface area contributed by atoms with Gasteiger partial charge in [-0.15, -0.1) is 0 Å². The summed E-state index contributed by atoms with van der Waals surface area (Å²) < 4.78 is 5.41. The van der Waals surface area contributed by atoms with E-state index in [4.69, 9.17) is 10.00 Å². The predicted octanol–water partition coefficient (Wildman–Crippen LogP) is 3.48. The number of nitriles is 1. The van der Waals surface area contributed by atoms with Crippen LogP contribution in [0.3, 0.4) is 0 Å². The quantitative estimate of drug-likeness (QED) is 0.629. The van der Waals surface area contributed by atoms with E-state index < -0.39 is 9.85 Å². The van der Waals surface area contributed by atoms with Crippen LogP contribution in [0.15, 0.2) is 36.4 Å². The summed E-state index contributed by atoms with van der Waals surface area (Å²) in [5, 5.41) is 30.6. The van der Waals surface area contributed by atoms with Gasteiger partial charge in [0.15, 0.2) is 0 Å². The smallest absolute Gasteiger partial charge is 0.311 e. The zero-order chi connectivity index (χ0) is 16.3. The lowest BCUT2D eigenvalue weighted by molar-refractivity contribution is -0.385. The van der Waals surface area contributed by atoms with E-state index in [1.165, 1.54) is 43.3 Å². The van der Waals surface area contributed by atoms with Gasteiger partial charge in [0, 0.05) is 23.8 Å². The minimum atomic E-state index is -0.630. The van der Waals surface area contributed by atoms with Crippen molar-refractivity contribution in [2.24, 2.45) is 0 Å². The van der Waals surface area contributed by atoms with Crippen LogP contribution in [0.1, 0.15) is 11.1 Å². The third-order valence-corrected chi connectivity index (χ3v) is 2.88. The van der Waals surface area contributed by atoms with Gasteiger partial charge in [-0.3, -0.25) is 20.2 Å². The Kier molecular flexibility index (Phi) is 3.99. The fourth-order valence-corrected chi connectivity index (χ4v) is 1.84. The van der Waals surface area contributed by atoms with Gasteiger partial charge in [-0.05, 0) is 25.1 Å². The third-order valence-electron chi connectivity index (χ3n) is 2.88. The summed E-state index contributed by atoms with van der Waals surface area (Å²) in [4.78, 5) is 20.6. The van der Waals surface area contributed by atoms with E-state index in [9.17, 15) is 20.2 Å². The van der Waals surface area contributed by atoms with Gasteiger partial charge in [-0.2, -0.15) is 5.26 Å². The highest BCUT2D eigenvalue weighted by molar-refractivity contribution is 5.54. The number of ether oxygens (including phenoxy) is 1. The van der Waals surface area contributed by atoms with E-state index >= 15 is 0 Å². The van der Waals surface area contributed by atoms with Gasteiger partial charge in [0.25, 0.3) is 5.69 Å². The topological polar surface area (TPSA) is 119 Å². The molecule has 2 aromatic carbocycles. The first-order valence-corrected chi connectivity index (χ1v) is 6.04. The maximum absolute atomic E-state index is 11.0. The minimum Gasteiger partial charge on any atom is -0.450 e. The van der Waals surface area contributed by atoms with Crippen LogP contribution in [0.4, 0.5) is 11.4 Å². The fraction of sp³-hybridized carbons (Fsp3) is 0.0714. The summed E-state index contributed by atoms with van der Waals surface area (Å²) in [6, 6.07) is 9.59. The van der Waals surface area contributed by atoms with Crippen LogP contribution in [0.2, 0.25) is 0 Å². The molecule has 8 heteroatoms. The maximum atomic E-state index is 11.0. The Labute approximate surface area is 124 Å². The Morgan fingerprint density at radius 2 is 1.68 bits per heavy atom. The molecule has 0 aliphatic rings. The largest absolute Gasteiger partial charge is 0.450 e. The highest BCUT2D eigenvalue weighted by Gasteiger charge is 2.18. The Morgan fingerprint density at radius 1 is 1.05 bits per heavy atom. The number of rotatable bonds is 4. The second-order valence-electron chi connectivity index (χ2n) is 4.36. The molecule has 0 saturated heterocycles. The number of hydrogen-bond donors (Lipinski definition) is 0. The van der Waals surface area contributed by atoms with Crippen molar-refractivity contribution in [1.82, 2.24) is 0 Å². The lowest BCUT2D eigenvalue weighted by Crippen LogP contribution is -1.96. The zero-order valence-corrected chi connectivity index (χ0v) is 11.3. The summed E-state index contributed by atoms with van der Waals surface area (Å²) in [5.41, 5.74) is 0.198. The Bertz CT molecular complexity index is 811. The van der Waals surface area contributed by atoms with E-state index in [0.29, 0.717) is 5.56 Å². The molecule has 2 aromatic rings. The molecule has 2 rings (SSSR count). The first-order chi connectivity index (χ1) is 10.4. The number of benzene rings is 2. The number of nitro groups is 2. The molecule has 0 bridgehead atoms. The molecule has 0 spiro atoms. The van der Waals surface area contributed by atoms with E-state index in [0.717, 1.165) is 0 Å². The summed E-state index contributed by atoms with van der Waals surface area (Å²) in [5.74, 6) is 0.110. The van der Waals surface area contributed by atoms with Crippen molar-refractivity contribution in [2.75, 3.05) is 0 Å². The number of aryl methyl sites for hydroxylation is 1. The highest BCUT2D eigenvalue weighted by atomic mass is 16.6. The summed E-state index contributed by atoms with van der Waals surface area (Å²) in [6.07, 6.45) is 0. The lowest BCUT2D eigenvalue weighted by Gasteiger charge is -2.07. The van der Waals surface area contributed by atoms with Crippen LogP contribution >= 0.6 is 0 Å². The summed E-state index contributed by atoms with van der Waals surface area (Å²) in [6.45, 7) is 1.53. The molecule has 22 heavy (non-hydrogen) atoms. The van der Waals surface area contributed by atoms with Crippen molar-refractivity contribution in [3.8, 4) is 17.6 Å². The third kappa shape index (κ3) is 2.99. The molecule has 0 unspecified atom stereocenters. The van der Waals surface area contributed by atoms with Crippen LogP contribution in [0.5, 0.6) is 11.5 Å². The molecular weight excluding hydrogens is 290 g/mol. The van der Waals surface area contributed by atoms with Crippen molar-refractivity contribution in [1.29, 1.82) is 5.26 Å². The first-order valence-electron chi connectivity index (χ1n) is 6.04.